The van der Waals surface area contributed by atoms with Gasteiger partial charge in [0.05, 0.1) is 0 Å². The van der Waals surface area contributed by atoms with Gasteiger partial charge in [-0.25, -0.2) is 0 Å². The second-order valence-electron chi connectivity index (χ2n) is 6.00. The van der Waals surface area contributed by atoms with Gasteiger partial charge in [-0.1, -0.05) is 0 Å². The van der Waals surface area contributed by atoms with Crippen LogP contribution in [0, 0.1) is 0 Å². The van der Waals surface area contributed by atoms with Crippen LogP contribution in [0.5, 0.6) is 0 Å². The van der Waals surface area contributed by atoms with Crippen molar-refractivity contribution in [3.8, 4) is 0 Å². The van der Waals surface area contributed by atoms with Crippen LogP contribution in [0.25, 0.3) is 0 Å². The van der Waals surface area contributed by atoms with Crippen LogP contribution in [0.3, 0.4) is 0 Å². The maximum Gasteiger partial charge on any atom is 0 e. The second-order valence-corrected chi connectivity index (χ2v) is 31.2. The molecule has 0 fully saturated rings. The van der Waals surface area contributed by atoms with Crippen molar-refractivity contribution in [1.29, 1.82) is 0 Å². The Morgan fingerprint density at radius 1 is 0.278 bits per heavy atom. The number of hydrogen-bond donors (Lipinski definition) is 0. The molecule has 0 bridgehead atoms. The van der Waals surface area contributed by atoms with E-state index in [4.69, 9.17) is 0 Å². The van der Waals surface area contributed by atoms with E-state index in [1.54, 1.807) is 0 Å². The van der Waals surface area contributed by atoms with E-state index in [-0.39, 0.29) is 106 Å². The predicted octanol–water partition coefficient (Wildman–Crippen LogP) is 4.72. The molecule has 10 radical (unpaired) electrons. The summed E-state index contributed by atoms with van der Waals surface area (Å²) in [6.45, 7) is 0. The van der Waals surface area contributed by atoms with Gasteiger partial charge in [0.15, 0.2) is 0 Å². The molecule has 0 aliphatic heterocycles. The van der Waals surface area contributed by atoms with Gasteiger partial charge in [-0.15, -0.1) is 0 Å². The van der Waals surface area contributed by atoms with Gasteiger partial charge in [-0.05, 0) is 0 Å². The molecule has 18 heavy (non-hydrogen) atoms. The van der Waals surface area contributed by atoms with Crippen molar-refractivity contribution in [2.24, 2.45) is 0 Å². The van der Waals surface area contributed by atoms with Gasteiger partial charge in [0, 0.05) is 48.9 Å². The SMILES string of the molecule is [CH3][Ge]([CH3])[CH3].[CH3][Ge]([CH3])[CH3].[CH3][Ge]([CH3])[CH3].[CH3][Ge]([CH3])[CH3].[Sb].[Sb]. The Bertz CT molecular complexity index is 65.1. The zero-order chi connectivity index (χ0) is 14.3. The summed E-state index contributed by atoms with van der Waals surface area (Å²) in [5.74, 6) is 28.0. The van der Waals surface area contributed by atoms with Crippen molar-refractivity contribution in [2.45, 2.75) is 69.1 Å². The van der Waals surface area contributed by atoms with Gasteiger partial charge in [0.1, 0.15) is 0 Å². The van der Waals surface area contributed by atoms with Crippen LogP contribution < -0.4 is 0 Å². The zero-order valence-electron chi connectivity index (χ0n) is 14.9. The molecule has 0 rings (SSSR count). The fraction of sp³-hybridized carbons (Fsp3) is 1.00. The van der Waals surface area contributed by atoms with Gasteiger partial charge in [-0.2, -0.15) is 0 Å². The first-order valence-corrected chi connectivity index (χ1v) is 31.2. The zero-order valence-corrected chi connectivity index (χ0v) is 28.4. The Kier molecular flexibility index (Phi) is 68.6. The Morgan fingerprint density at radius 2 is 0.278 bits per heavy atom. The Hall–Kier alpha value is 3.81. The van der Waals surface area contributed by atoms with E-state index in [9.17, 15) is 0 Å². The third-order valence-electron chi connectivity index (χ3n) is 0. The van der Waals surface area contributed by atoms with Crippen molar-refractivity contribution in [3.63, 3.8) is 0 Å². The van der Waals surface area contributed by atoms with Crippen LogP contribution in [0.4, 0.5) is 0 Å². The van der Waals surface area contributed by atoms with Gasteiger partial charge < -0.3 is 0 Å². The largest absolute Gasteiger partial charge is 0 e. The van der Waals surface area contributed by atoms with Crippen molar-refractivity contribution < 1.29 is 0 Å². The summed E-state index contributed by atoms with van der Waals surface area (Å²) in [7, 11) is 0. The number of hydrogen-bond acceptors (Lipinski definition) is 0. The van der Waals surface area contributed by atoms with Gasteiger partial charge in [0.25, 0.3) is 0 Å². The molecule has 0 aromatic carbocycles. The molecule has 0 N–H and O–H groups in total. The Morgan fingerprint density at radius 3 is 0.278 bits per heavy atom. The summed E-state index contributed by atoms with van der Waals surface area (Å²) < 4.78 is 0. The maximum atomic E-state index is 2.33. The topological polar surface area (TPSA) is 0 Å². The van der Waals surface area contributed by atoms with Crippen molar-refractivity contribution in [3.05, 3.63) is 0 Å². The molecule has 0 atom stereocenters. The van der Waals surface area contributed by atoms with Crippen molar-refractivity contribution in [2.75, 3.05) is 0 Å². The van der Waals surface area contributed by atoms with Crippen molar-refractivity contribution in [1.82, 2.24) is 0 Å². The quantitative estimate of drug-likeness (QED) is 0.319. The van der Waals surface area contributed by atoms with E-state index >= 15 is 0 Å². The van der Waals surface area contributed by atoms with Crippen LogP contribution in [-0.4, -0.2) is 106 Å². The van der Waals surface area contributed by atoms with Gasteiger partial charge in [-0.3, -0.25) is 0 Å². The standard InChI is InChI=1S/4C3H9Ge.2Sb/c4*1-4(2)3;;/h4*1-3H3;;. The van der Waals surface area contributed by atoms with Crippen molar-refractivity contribution >= 4 is 106 Å². The van der Waals surface area contributed by atoms with E-state index in [1.165, 1.54) is 0 Å². The van der Waals surface area contributed by atoms with E-state index in [1.807, 2.05) is 0 Å². The van der Waals surface area contributed by atoms with E-state index in [2.05, 4.69) is 69.1 Å². The minimum atomic E-state index is -0.333. The molecule has 0 aromatic heterocycles. The van der Waals surface area contributed by atoms with Crippen LogP contribution in [0.15, 0.2) is 0 Å². The summed E-state index contributed by atoms with van der Waals surface area (Å²) >= 11 is -1.33. The average molecular weight is 714 g/mol. The third kappa shape index (κ3) is 483. The summed E-state index contributed by atoms with van der Waals surface area (Å²) in [5.41, 5.74) is 0. The minimum Gasteiger partial charge on any atom is 0 e. The molecular formula is C12H36Ge4Sb2. The molecule has 0 unspecified atom stereocenters. The normalized spacial score (nSPS) is 8.00. The molecule has 110 valence electrons. The Labute approximate surface area is 172 Å². The molecule has 0 aliphatic carbocycles. The first kappa shape index (κ1) is 37.8. The molecular weight excluding hydrogens is 678 g/mol. The molecule has 0 aromatic rings. The third-order valence-corrected chi connectivity index (χ3v) is 0. The average Bonchev–Trinajstić information content (AvgIpc) is 1.76. The Balaban J connectivity index is -0.0000000257. The molecule has 0 aliphatic rings. The number of rotatable bonds is 0. The van der Waals surface area contributed by atoms with E-state index in [0.29, 0.717) is 0 Å². The van der Waals surface area contributed by atoms with E-state index in [0.717, 1.165) is 0 Å². The summed E-state index contributed by atoms with van der Waals surface area (Å²) in [6, 6.07) is 0. The van der Waals surface area contributed by atoms with Crippen LogP contribution >= 0.6 is 0 Å². The molecule has 0 amide bonds. The molecule has 0 spiro atoms. The minimum absolute atomic E-state index is 0. The van der Waals surface area contributed by atoms with Crippen LogP contribution in [-0.2, 0) is 0 Å². The second kappa shape index (κ2) is 32.7. The molecule has 0 nitrogen and oxygen atoms in total. The van der Waals surface area contributed by atoms with Gasteiger partial charge in [0.2, 0.25) is 0 Å². The van der Waals surface area contributed by atoms with E-state index < -0.39 is 0 Å². The summed E-state index contributed by atoms with van der Waals surface area (Å²) in [4.78, 5) is 0. The molecule has 6 heteroatoms. The summed E-state index contributed by atoms with van der Waals surface area (Å²) in [5, 5.41) is 0. The first-order chi connectivity index (χ1) is 6.93. The predicted molar refractivity (Wildman–Crippen MR) is 105 cm³/mol. The fourth-order valence-electron chi connectivity index (χ4n) is 0. The fourth-order valence-corrected chi connectivity index (χ4v) is 0. The maximum absolute atomic E-state index is 2.33. The first-order valence-electron chi connectivity index (χ1n) is 6.00. The molecule has 0 saturated carbocycles. The van der Waals surface area contributed by atoms with Crippen LogP contribution in [0.1, 0.15) is 0 Å². The van der Waals surface area contributed by atoms with Gasteiger partial charge >= 0.3 is 126 Å². The molecule has 0 heterocycles. The smallest absolute Gasteiger partial charge is 0 e. The monoisotopic (exact) mass is 718 g/mol. The summed E-state index contributed by atoms with van der Waals surface area (Å²) in [6.07, 6.45) is 0. The molecule has 0 saturated heterocycles. The van der Waals surface area contributed by atoms with Crippen LogP contribution in [0.2, 0.25) is 69.1 Å².